The van der Waals surface area contributed by atoms with E-state index in [1.807, 2.05) is 48.5 Å². The smallest absolute Gasteiger partial charge is 0.127 e. The largest absolute Gasteiger partial charge is 0.457 e. The quantitative estimate of drug-likeness (QED) is 0.855. The van der Waals surface area contributed by atoms with Crippen molar-refractivity contribution in [3.63, 3.8) is 0 Å². The van der Waals surface area contributed by atoms with Gasteiger partial charge in [0.15, 0.2) is 0 Å². The molecule has 0 amide bonds. The zero-order valence-electron chi connectivity index (χ0n) is 9.61. The standard InChI is InChI=1S/C14H14ClNO/c1-2-16-12-5-9-14(10-6-12)17-13-7-3-11(15)4-8-13/h3-10,16H,2H2,1H3. The molecule has 3 heteroatoms. The van der Waals surface area contributed by atoms with Gasteiger partial charge < -0.3 is 10.1 Å². The lowest BCUT2D eigenvalue weighted by Crippen LogP contribution is -1.95. The Labute approximate surface area is 106 Å². The van der Waals surface area contributed by atoms with Crippen molar-refractivity contribution in [2.75, 3.05) is 11.9 Å². The summed E-state index contributed by atoms with van der Waals surface area (Å²) in [6, 6.07) is 15.2. The molecule has 0 spiro atoms. The van der Waals surface area contributed by atoms with Crippen molar-refractivity contribution in [1.82, 2.24) is 0 Å². The molecular weight excluding hydrogens is 234 g/mol. The molecule has 17 heavy (non-hydrogen) atoms. The second kappa shape index (κ2) is 5.60. The monoisotopic (exact) mass is 247 g/mol. The molecule has 2 aromatic rings. The zero-order valence-corrected chi connectivity index (χ0v) is 10.4. The first-order valence-corrected chi connectivity index (χ1v) is 5.93. The van der Waals surface area contributed by atoms with Crippen LogP contribution < -0.4 is 10.1 Å². The van der Waals surface area contributed by atoms with E-state index in [0.717, 1.165) is 23.7 Å². The first-order valence-electron chi connectivity index (χ1n) is 5.55. The van der Waals surface area contributed by atoms with Crippen LogP contribution in [0.2, 0.25) is 5.02 Å². The van der Waals surface area contributed by atoms with Crippen LogP contribution in [-0.2, 0) is 0 Å². The van der Waals surface area contributed by atoms with E-state index in [1.54, 1.807) is 0 Å². The van der Waals surface area contributed by atoms with Crippen LogP contribution in [0, 0.1) is 0 Å². The third-order valence-electron chi connectivity index (χ3n) is 2.28. The van der Waals surface area contributed by atoms with E-state index in [1.165, 1.54) is 0 Å². The van der Waals surface area contributed by atoms with Gasteiger partial charge in [-0.25, -0.2) is 0 Å². The summed E-state index contributed by atoms with van der Waals surface area (Å²) in [4.78, 5) is 0. The molecule has 2 rings (SSSR count). The molecule has 0 aliphatic carbocycles. The second-order valence-corrected chi connectivity index (χ2v) is 4.05. The highest BCUT2D eigenvalue weighted by atomic mass is 35.5. The number of nitrogens with one attached hydrogen (secondary N) is 1. The Morgan fingerprint density at radius 2 is 1.47 bits per heavy atom. The molecule has 0 radical (unpaired) electrons. The molecule has 0 bridgehead atoms. The van der Waals surface area contributed by atoms with Gasteiger partial charge in [-0.3, -0.25) is 0 Å². The van der Waals surface area contributed by atoms with Gasteiger partial charge >= 0.3 is 0 Å². The Balaban J connectivity index is 2.05. The van der Waals surface area contributed by atoms with Gasteiger partial charge in [0, 0.05) is 17.3 Å². The highest BCUT2D eigenvalue weighted by Gasteiger charge is 1.97. The van der Waals surface area contributed by atoms with Crippen molar-refractivity contribution >= 4 is 17.3 Å². The minimum absolute atomic E-state index is 0.708. The molecular formula is C14H14ClNO. The number of benzene rings is 2. The second-order valence-electron chi connectivity index (χ2n) is 3.61. The molecule has 1 N–H and O–H groups in total. The minimum atomic E-state index is 0.708. The Morgan fingerprint density at radius 3 is 2.00 bits per heavy atom. The lowest BCUT2D eigenvalue weighted by molar-refractivity contribution is 0.483. The summed E-state index contributed by atoms with van der Waals surface area (Å²) in [7, 11) is 0. The fraction of sp³-hybridized carbons (Fsp3) is 0.143. The summed E-state index contributed by atoms with van der Waals surface area (Å²) in [5.41, 5.74) is 1.09. The summed E-state index contributed by atoms with van der Waals surface area (Å²) < 4.78 is 5.68. The number of hydrogen-bond donors (Lipinski definition) is 1. The molecule has 0 saturated carbocycles. The SMILES string of the molecule is CCNc1ccc(Oc2ccc(Cl)cc2)cc1. The van der Waals surface area contributed by atoms with Gasteiger partial charge in [-0.1, -0.05) is 11.6 Å². The maximum absolute atomic E-state index is 5.81. The number of hydrogen-bond acceptors (Lipinski definition) is 2. The number of anilines is 1. The molecule has 0 heterocycles. The average Bonchev–Trinajstić information content (AvgIpc) is 2.35. The maximum atomic E-state index is 5.81. The molecule has 88 valence electrons. The van der Waals surface area contributed by atoms with Crippen LogP contribution in [0.25, 0.3) is 0 Å². The van der Waals surface area contributed by atoms with Crippen molar-refractivity contribution < 1.29 is 4.74 Å². The van der Waals surface area contributed by atoms with Crippen molar-refractivity contribution in [1.29, 1.82) is 0 Å². The van der Waals surface area contributed by atoms with E-state index >= 15 is 0 Å². The third kappa shape index (κ3) is 3.40. The Morgan fingerprint density at radius 1 is 0.941 bits per heavy atom. The van der Waals surface area contributed by atoms with Gasteiger partial charge in [0.1, 0.15) is 11.5 Å². The van der Waals surface area contributed by atoms with Gasteiger partial charge in [-0.15, -0.1) is 0 Å². The van der Waals surface area contributed by atoms with Crippen molar-refractivity contribution in [3.8, 4) is 11.5 Å². The van der Waals surface area contributed by atoms with Gasteiger partial charge in [0.25, 0.3) is 0 Å². The number of ether oxygens (including phenoxy) is 1. The molecule has 0 atom stereocenters. The summed E-state index contributed by atoms with van der Waals surface area (Å²) in [5, 5.41) is 3.94. The zero-order chi connectivity index (χ0) is 12.1. The van der Waals surface area contributed by atoms with Crippen molar-refractivity contribution in [2.45, 2.75) is 6.92 Å². The van der Waals surface area contributed by atoms with Crippen LogP contribution in [0.1, 0.15) is 6.92 Å². The first-order chi connectivity index (χ1) is 8.28. The van der Waals surface area contributed by atoms with Crippen molar-refractivity contribution in [3.05, 3.63) is 53.6 Å². The first kappa shape index (κ1) is 11.8. The third-order valence-corrected chi connectivity index (χ3v) is 2.54. The molecule has 0 unspecified atom stereocenters. The molecule has 2 nitrogen and oxygen atoms in total. The van der Waals surface area contributed by atoms with Crippen LogP contribution in [0.4, 0.5) is 5.69 Å². The van der Waals surface area contributed by atoms with E-state index in [9.17, 15) is 0 Å². The molecule has 2 aromatic carbocycles. The lowest BCUT2D eigenvalue weighted by atomic mass is 10.3. The van der Waals surface area contributed by atoms with E-state index in [4.69, 9.17) is 16.3 Å². The van der Waals surface area contributed by atoms with E-state index in [0.29, 0.717) is 5.02 Å². The highest BCUT2D eigenvalue weighted by Crippen LogP contribution is 2.24. The molecule has 0 saturated heterocycles. The average molecular weight is 248 g/mol. The summed E-state index contributed by atoms with van der Waals surface area (Å²) >= 11 is 5.81. The predicted molar refractivity (Wildman–Crippen MR) is 72.1 cm³/mol. The summed E-state index contributed by atoms with van der Waals surface area (Å²) in [6.45, 7) is 2.98. The summed E-state index contributed by atoms with van der Waals surface area (Å²) in [6.07, 6.45) is 0. The van der Waals surface area contributed by atoms with Gasteiger partial charge in [-0.2, -0.15) is 0 Å². The highest BCUT2D eigenvalue weighted by molar-refractivity contribution is 6.30. The van der Waals surface area contributed by atoms with Crippen LogP contribution >= 0.6 is 11.6 Å². The Hall–Kier alpha value is -1.67. The van der Waals surface area contributed by atoms with E-state index < -0.39 is 0 Å². The maximum Gasteiger partial charge on any atom is 0.127 e. The summed E-state index contributed by atoms with van der Waals surface area (Å²) in [5.74, 6) is 1.60. The van der Waals surface area contributed by atoms with Crippen LogP contribution in [0.5, 0.6) is 11.5 Å². The van der Waals surface area contributed by atoms with Gasteiger partial charge in [-0.05, 0) is 55.5 Å². The fourth-order valence-corrected chi connectivity index (χ4v) is 1.61. The minimum Gasteiger partial charge on any atom is -0.457 e. The number of halogens is 1. The molecule has 0 aliphatic rings. The van der Waals surface area contributed by atoms with E-state index in [2.05, 4.69) is 12.2 Å². The predicted octanol–water partition coefficient (Wildman–Crippen LogP) is 4.56. The Kier molecular flexibility index (Phi) is 3.89. The molecule has 0 aromatic heterocycles. The normalized spacial score (nSPS) is 10.0. The lowest BCUT2D eigenvalue weighted by Gasteiger charge is -2.07. The topological polar surface area (TPSA) is 21.3 Å². The Bertz CT molecular complexity index is 465. The van der Waals surface area contributed by atoms with Crippen LogP contribution in [-0.4, -0.2) is 6.54 Å². The fourth-order valence-electron chi connectivity index (χ4n) is 1.48. The van der Waals surface area contributed by atoms with Crippen molar-refractivity contribution in [2.24, 2.45) is 0 Å². The molecule has 0 aliphatic heterocycles. The van der Waals surface area contributed by atoms with Crippen LogP contribution in [0.3, 0.4) is 0 Å². The van der Waals surface area contributed by atoms with Crippen LogP contribution in [0.15, 0.2) is 48.5 Å². The van der Waals surface area contributed by atoms with Gasteiger partial charge in [0.05, 0.1) is 0 Å². The van der Waals surface area contributed by atoms with E-state index in [-0.39, 0.29) is 0 Å². The molecule has 0 fully saturated rings. The van der Waals surface area contributed by atoms with Gasteiger partial charge in [0.2, 0.25) is 0 Å². The number of rotatable bonds is 4.